The van der Waals surface area contributed by atoms with Crippen molar-refractivity contribution in [2.45, 2.75) is 41.0 Å². The number of carbonyl (C=O) groups is 2. The largest absolute Gasteiger partial charge is 0.508 e. The Hall–Kier alpha value is -1.26. The van der Waals surface area contributed by atoms with Crippen molar-refractivity contribution in [2.24, 2.45) is 5.41 Å². The topological polar surface area (TPSA) is 61.8 Å². The van der Waals surface area contributed by atoms with E-state index in [1.807, 2.05) is 0 Å². The molecule has 0 aliphatic rings. The molecule has 17 heavy (non-hydrogen) atoms. The van der Waals surface area contributed by atoms with Crippen LogP contribution in [0.5, 0.6) is 0 Å². The van der Waals surface area contributed by atoms with Crippen molar-refractivity contribution in [3.8, 4) is 0 Å². The van der Waals surface area contributed by atoms with E-state index in [-0.39, 0.29) is 19.2 Å². The highest BCUT2D eigenvalue weighted by Gasteiger charge is 2.23. The van der Waals surface area contributed by atoms with E-state index in [1.54, 1.807) is 34.6 Å². The molecular weight excluding hydrogens is 224 g/mol. The Labute approximate surface area is 102 Å². The maximum Gasteiger partial charge on any atom is 0.508 e. The second kappa shape index (κ2) is 7.14. The van der Waals surface area contributed by atoms with Gasteiger partial charge in [0.05, 0.1) is 18.6 Å². The van der Waals surface area contributed by atoms with Gasteiger partial charge >= 0.3 is 12.1 Å². The molecule has 0 unspecified atom stereocenters. The minimum atomic E-state index is -0.729. The van der Waals surface area contributed by atoms with Crippen LogP contribution >= 0.6 is 0 Å². The SMILES string of the molecule is CCOC(=O)O[C](C)CCOC(=O)C(C)(C)C. The van der Waals surface area contributed by atoms with Crippen LogP contribution in [0, 0.1) is 11.5 Å². The third-order valence-corrected chi connectivity index (χ3v) is 1.82. The number of carbonyl (C=O) groups excluding carboxylic acids is 2. The highest BCUT2D eigenvalue weighted by molar-refractivity contribution is 5.75. The van der Waals surface area contributed by atoms with Crippen LogP contribution in [-0.4, -0.2) is 25.3 Å². The zero-order valence-electron chi connectivity index (χ0n) is 11.2. The zero-order chi connectivity index (χ0) is 13.5. The second-order valence-corrected chi connectivity index (χ2v) is 4.62. The quantitative estimate of drug-likeness (QED) is 0.697. The summed E-state index contributed by atoms with van der Waals surface area (Å²) >= 11 is 0. The van der Waals surface area contributed by atoms with Crippen LogP contribution in [0.3, 0.4) is 0 Å². The van der Waals surface area contributed by atoms with Gasteiger partial charge in [-0.05, 0) is 34.6 Å². The van der Waals surface area contributed by atoms with Crippen LogP contribution in [0.2, 0.25) is 0 Å². The summed E-state index contributed by atoms with van der Waals surface area (Å²) in [6.07, 6.45) is 0.109. The highest BCUT2D eigenvalue weighted by Crippen LogP contribution is 2.16. The van der Waals surface area contributed by atoms with E-state index in [1.165, 1.54) is 0 Å². The summed E-state index contributed by atoms with van der Waals surface area (Å²) in [6.45, 7) is 9.14. The summed E-state index contributed by atoms with van der Waals surface area (Å²) in [7, 11) is 0. The summed E-state index contributed by atoms with van der Waals surface area (Å²) in [5.74, 6) is -0.276. The summed E-state index contributed by atoms with van der Waals surface area (Å²) in [5.41, 5.74) is -0.518. The van der Waals surface area contributed by atoms with Crippen LogP contribution in [0.1, 0.15) is 41.0 Å². The molecule has 5 heteroatoms. The van der Waals surface area contributed by atoms with E-state index in [4.69, 9.17) is 9.47 Å². The molecule has 0 heterocycles. The maximum atomic E-state index is 11.4. The molecule has 0 N–H and O–H groups in total. The molecule has 0 aliphatic heterocycles. The standard InChI is InChI=1S/C12H21O5/c1-6-15-11(14)17-9(2)7-8-16-10(13)12(3,4)5/h6-8H2,1-5H3. The molecule has 0 aromatic rings. The lowest BCUT2D eigenvalue weighted by atomic mass is 9.97. The fourth-order valence-corrected chi connectivity index (χ4v) is 0.845. The Morgan fingerprint density at radius 1 is 1.12 bits per heavy atom. The molecule has 0 amide bonds. The van der Waals surface area contributed by atoms with Gasteiger partial charge in [-0.15, -0.1) is 0 Å². The van der Waals surface area contributed by atoms with Gasteiger partial charge in [-0.1, -0.05) is 0 Å². The van der Waals surface area contributed by atoms with E-state index in [2.05, 4.69) is 4.74 Å². The van der Waals surface area contributed by atoms with Gasteiger partial charge in [0.15, 0.2) is 6.10 Å². The van der Waals surface area contributed by atoms with Gasteiger partial charge in [-0.3, -0.25) is 4.79 Å². The van der Waals surface area contributed by atoms with Crippen molar-refractivity contribution in [1.82, 2.24) is 0 Å². The molecule has 5 nitrogen and oxygen atoms in total. The van der Waals surface area contributed by atoms with Gasteiger partial charge in [0.25, 0.3) is 0 Å². The van der Waals surface area contributed by atoms with Gasteiger partial charge in [0.1, 0.15) is 0 Å². The molecule has 0 saturated carbocycles. The molecular formula is C12H21O5. The smallest absolute Gasteiger partial charge is 0.465 e. The van der Waals surface area contributed by atoms with E-state index in [0.717, 1.165) is 0 Å². The molecule has 0 saturated heterocycles. The van der Waals surface area contributed by atoms with Crippen molar-refractivity contribution in [1.29, 1.82) is 0 Å². The monoisotopic (exact) mass is 245 g/mol. The molecule has 99 valence electrons. The fourth-order valence-electron chi connectivity index (χ4n) is 0.845. The maximum absolute atomic E-state index is 11.4. The lowest BCUT2D eigenvalue weighted by Gasteiger charge is -2.17. The fraction of sp³-hybridized carbons (Fsp3) is 0.750. The van der Waals surface area contributed by atoms with E-state index in [9.17, 15) is 9.59 Å². The Morgan fingerprint density at radius 2 is 1.71 bits per heavy atom. The molecule has 0 aromatic heterocycles. The predicted octanol–water partition coefficient (Wildman–Crippen LogP) is 2.69. The average molecular weight is 245 g/mol. The number of hydrogen-bond acceptors (Lipinski definition) is 5. The summed E-state index contributed by atoms with van der Waals surface area (Å²) in [6, 6.07) is 0. The Bertz CT molecular complexity index is 254. The Morgan fingerprint density at radius 3 is 2.18 bits per heavy atom. The minimum absolute atomic E-state index is 0.196. The van der Waals surface area contributed by atoms with Crippen LogP contribution in [-0.2, 0) is 19.0 Å². The molecule has 1 radical (unpaired) electrons. The van der Waals surface area contributed by atoms with Crippen molar-refractivity contribution in [2.75, 3.05) is 13.2 Å². The van der Waals surface area contributed by atoms with Crippen molar-refractivity contribution in [3.63, 3.8) is 0 Å². The zero-order valence-corrected chi connectivity index (χ0v) is 11.2. The average Bonchev–Trinajstić information content (AvgIpc) is 2.16. The van der Waals surface area contributed by atoms with Crippen LogP contribution < -0.4 is 0 Å². The first-order chi connectivity index (χ1) is 7.77. The molecule has 0 bridgehead atoms. The van der Waals surface area contributed by atoms with Crippen molar-refractivity contribution in [3.05, 3.63) is 6.10 Å². The van der Waals surface area contributed by atoms with Crippen LogP contribution in [0.15, 0.2) is 0 Å². The number of esters is 1. The first-order valence-electron chi connectivity index (χ1n) is 5.61. The first-order valence-corrected chi connectivity index (χ1v) is 5.61. The molecule has 0 aromatic carbocycles. The highest BCUT2D eigenvalue weighted by atomic mass is 16.7. The van der Waals surface area contributed by atoms with E-state index < -0.39 is 11.6 Å². The number of ether oxygens (including phenoxy) is 3. The van der Waals surface area contributed by atoms with Gasteiger partial charge in [0, 0.05) is 6.42 Å². The van der Waals surface area contributed by atoms with Gasteiger partial charge < -0.3 is 14.2 Å². The third kappa shape index (κ3) is 7.60. The second-order valence-electron chi connectivity index (χ2n) is 4.62. The Kier molecular flexibility index (Phi) is 6.61. The molecule has 0 rings (SSSR count). The van der Waals surface area contributed by atoms with E-state index >= 15 is 0 Å². The van der Waals surface area contributed by atoms with Crippen LogP contribution in [0.25, 0.3) is 0 Å². The van der Waals surface area contributed by atoms with Gasteiger partial charge in [-0.2, -0.15) is 0 Å². The summed E-state index contributed by atoms with van der Waals surface area (Å²) < 4.78 is 14.5. The summed E-state index contributed by atoms with van der Waals surface area (Å²) in [4.78, 5) is 22.3. The van der Waals surface area contributed by atoms with Crippen molar-refractivity contribution < 1.29 is 23.8 Å². The van der Waals surface area contributed by atoms with E-state index in [0.29, 0.717) is 12.5 Å². The lowest BCUT2D eigenvalue weighted by molar-refractivity contribution is -0.153. The number of hydrogen-bond donors (Lipinski definition) is 0. The summed E-state index contributed by atoms with van der Waals surface area (Å²) in [5, 5.41) is 0. The molecule has 0 spiro atoms. The normalized spacial score (nSPS) is 11.2. The van der Waals surface area contributed by atoms with Crippen LogP contribution in [0.4, 0.5) is 4.79 Å². The lowest BCUT2D eigenvalue weighted by Crippen LogP contribution is -2.24. The molecule has 0 fully saturated rings. The van der Waals surface area contributed by atoms with Gasteiger partial charge in [-0.25, -0.2) is 4.79 Å². The Balaban J connectivity index is 3.75. The molecule has 0 atom stereocenters. The minimum Gasteiger partial charge on any atom is -0.465 e. The van der Waals surface area contributed by atoms with Gasteiger partial charge in [0.2, 0.25) is 0 Å². The predicted molar refractivity (Wildman–Crippen MR) is 62.1 cm³/mol. The first kappa shape index (κ1) is 15.7. The van der Waals surface area contributed by atoms with Crippen molar-refractivity contribution >= 4 is 12.1 Å². The number of rotatable bonds is 5. The third-order valence-electron chi connectivity index (χ3n) is 1.82. The molecule has 0 aliphatic carbocycles.